The monoisotopic (exact) mass is 282 g/mol. The van der Waals surface area contributed by atoms with Gasteiger partial charge >= 0.3 is 0 Å². The van der Waals surface area contributed by atoms with E-state index in [9.17, 15) is 8.78 Å². The van der Waals surface area contributed by atoms with Gasteiger partial charge in [0.1, 0.15) is 16.7 Å². The number of hydrogen-bond acceptors (Lipinski definition) is 5. The van der Waals surface area contributed by atoms with Gasteiger partial charge in [0.25, 0.3) is 0 Å². The Morgan fingerprint density at radius 2 is 1.84 bits per heavy atom. The topological polar surface area (TPSA) is 55.0 Å². The highest BCUT2D eigenvalue weighted by atomic mass is 32.2. The standard InChI is InChI=1S/C12H12F2N4S/c1-18(2)12-16-4-3-10(17-12)19-11-8(13)5-7(15)6-9(11)14/h3-6H,15H2,1-2H3. The minimum atomic E-state index is -0.701. The smallest absolute Gasteiger partial charge is 0.225 e. The highest BCUT2D eigenvalue weighted by molar-refractivity contribution is 7.99. The summed E-state index contributed by atoms with van der Waals surface area (Å²) in [5, 5.41) is 0.460. The number of nitrogens with zero attached hydrogens (tertiary/aromatic N) is 3. The molecule has 2 aromatic rings. The van der Waals surface area contributed by atoms with Crippen LogP contribution in [0.1, 0.15) is 0 Å². The Kier molecular flexibility index (Phi) is 3.84. The molecule has 2 N–H and O–H groups in total. The van der Waals surface area contributed by atoms with Crippen molar-refractivity contribution in [3.8, 4) is 0 Å². The zero-order valence-corrected chi connectivity index (χ0v) is 11.2. The third-order valence-electron chi connectivity index (χ3n) is 2.24. The van der Waals surface area contributed by atoms with Crippen molar-refractivity contribution in [3.63, 3.8) is 0 Å². The van der Waals surface area contributed by atoms with E-state index in [4.69, 9.17) is 5.73 Å². The Balaban J connectivity index is 2.34. The van der Waals surface area contributed by atoms with Crippen molar-refractivity contribution in [1.29, 1.82) is 0 Å². The van der Waals surface area contributed by atoms with E-state index in [1.54, 1.807) is 25.1 Å². The molecule has 1 aromatic carbocycles. The summed E-state index contributed by atoms with van der Waals surface area (Å²) in [5.74, 6) is -0.929. The molecule has 0 aliphatic carbocycles. The van der Waals surface area contributed by atoms with Gasteiger partial charge in [0.15, 0.2) is 0 Å². The lowest BCUT2D eigenvalue weighted by Gasteiger charge is -2.11. The van der Waals surface area contributed by atoms with Gasteiger partial charge in [0, 0.05) is 26.0 Å². The van der Waals surface area contributed by atoms with Crippen LogP contribution in [0.5, 0.6) is 0 Å². The third-order valence-corrected chi connectivity index (χ3v) is 3.28. The van der Waals surface area contributed by atoms with Crippen molar-refractivity contribution in [2.24, 2.45) is 0 Å². The molecular weight excluding hydrogens is 270 g/mol. The van der Waals surface area contributed by atoms with Gasteiger partial charge < -0.3 is 10.6 Å². The van der Waals surface area contributed by atoms with Crippen LogP contribution in [0, 0.1) is 11.6 Å². The molecule has 0 saturated heterocycles. The van der Waals surface area contributed by atoms with Crippen molar-refractivity contribution >= 4 is 23.4 Å². The maximum Gasteiger partial charge on any atom is 0.225 e. The van der Waals surface area contributed by atoms with Gasteiger partial charge in [-0.25, -0.2) is 18.7 Å². The van der Waals surface area contributed by atoms with Gasteiger partial charge in [-0.05, 0) is 18.2 Å². The number of hydrogen-bond donors (Lipinski definition) is 1. The van der Waals surface area contributed by atoms with Gasteiger partial charge in [-0.15, -0.1) is 0 Å². The van der Waals surface area contributed by atoms with Crippen LogP contribution in [0.4, 0.5) is 20.4 Å². The number of rotatable bonds is 3. The number of anilines is 2. The summed E-state index contributed by atoms with van der Waals surface area (Å²) in [6.45, 7) is 0. The van der Waals surface area contributed by atoms with Crippen molar-refractivity contribution in [1.82, 2.24) is 9.97 Å². The predicted octanol–water partition coefficient (Wildman–Crippen LogP) is 2.55. The van der Waals surface area contributed by atoms with Crippen molar-refractivity contribution in [3.05, 3.63) is 36.0 Å². The molecule has 0 fully saturated rings. The summed E-state index contributed by atoms with van der Waals surface area (Å²) in [6.07, 6.45) is 1.54. The molecule has 0 saturated carbocycles. The van der Waals surface area contributed by atoms with Crippen LogP contribution in [-0.2, 0) is 0 Å². The van der Waals surface area contributed by atoms with Crippen molar-refractivity contribution in [2.45, 2.75) is 9.92 Å². The van der Waals surface area contributed by atoms with Crippen LogP contribution in [0.25, 0.3) is 0 Å². The number of benzene rings is 1. The van der Waals surface area contributed by atoms with E-state index in [0.717, 1.165) is 23.9 Å². The predicted molar refractivity (Wildman–Crippen MR) is 71.3 cm³/mol. The molecule has 7 heteroatoms. The summed E-state index contributed by atoms with van der Waals surface area (Å²) in [6, 6.07) is 3.76. The van der Waals surface area contributed by atoms with Gasteiger partial charge in [0.05, 0.1) is 4.90 Å². The summed E-state index contributed by atoms with van der Waals surface area (Å²) >= 11 is 0.898. The van der Waals surface area contributed by atoms with Crippen molar-refractivity contribution < 1.29 is 8.78 Å². The second-order valence-electron chi connectivity index (χ2n) is 4.01. The molecule has 100 valence electrons. The Labute approximate surface area is 113 Å². The first-order valence-electron chi connectivity index (χ1n) is 5.40. The molecular formula is C12H12F2N4S. The zero-order chi connectivity index (χ0) is 14.0. The Bertz CT molecular complexity index is 581. The lowest BCUT2D eigenvalue weighted by Crippen LogP contribution is -2.12. The number of nitrogens with two attached hydrogens (primary N) is 1. The summed E-state index contributed by atoms with van der Waals surface area (Å²) in [4.78, 5) is 9.80. The average Bonchev–Trinajstić information content (AvgIpc) is 2.34. The summed E-state index contributed by atoms with van der Waals surface area (Å²) < 4.78 is 27.3. The fourth-order valence-corrected chi connectivity index (χ4v) is 2.16. The van der Waals surface area contributed by atoms with Crippen LogP contribution in [0.3, 0.4) is 0 Å². The summed E-state index contributed by atoms with van der Waals surface area (Å²) in [5.41, 5.74) is 5.42. The Morgan fingerprint density at radius 3 is 2.42 bits per heavy atom. The molecule has 1 aromatic heterocycles. The van der Waals surface area contributed by atoms with Crippen molar-refractivity contribution in [2.75, 3.05) is 24.7 Å². The fourth-order valence-electron chi connectivity index (χ4n) is 1.39. The van der Waals surface area contributed by atoms with Crippen LogP contribution in [0.15, 0.2) is 34.3 Å². The Morgan fingerprint density at radius 1 is 1.21 bits per heavy atom. The molecule has 0 amide bonds. The fraction of sp³-hybridized carbons (Fsp3) is 0.167. The molecule has 4 nitrogen and oxygen atoms in total. The summed E-state index contributed by atoms with van der Waals surface area (Å²) in [7, 11) is 3.57. The second-order valence-corrected chi connectivity index (χ2v) is 5.04. The molecule has 2 rings (SSSR count). The lowest BCUT2D eigenvalue weighted by molar-refractivity contribution is 0.541. The lowest BCUT2D eigenvalue weighted by atomic mass is 10.3. The molecule has 19 heavy (non-hydrogen) atoms. The number of nitrogen functional groups attached to an aromatic ring is 1. The highest BCUT2D eigenvalue weighted by Gasteiger charge is 2.13. The van der Waals surface area contributed by atoms with Crippen LogP contribution >= 0.6 is 11.8 Å². The van der Waals surface area contributed by atoms with Gasteiger partial charge in [0.2, 0.25) is 5.95 Å². The maximum atomic E-state index is 13.7. The molecule has 0 atom stereocenters. The van der Waals surface area contributed by atoms with Gasteiger partial charge in [-0.1, -0.05) is 11.8 Å². The normalized spacial score (nSPS) is 10.5. The quantitative estimate of drug-likeness (QED) is 0.692. The zero-order valence-electron chi connectivity index (χ0n) is 10.4. The van der Waals surface area contributed by atoms with Gasteiger partial charge in [-0.3, -0.25) is 0 Å². The molecule has 1 heterocycles. The third kappa shape index (κ3) is 3.11. The van der Waals surface area contributed by atoms with Crippen LogP contribution in [-0.4, -0.2) is 24.1 Å². The largest absolute Gasteiger partial charge is 0.399 e. The van der Waals surface area contributed by atoms with Gasteiger partial charge in [-0.2, -0.15) is 0 Å². The minimum absolute atomic E-state index is 0.0519. The van der Waals surface area contributed by atoms with E-state index in [1.807, 2.05) is 0 Å². The average molecular weight is 282 g/mol. The SMILES string of the molecule is CN(C)c1nccc(Sc2c(F)cc(N)cc2F)n1. The number of halogens is 2. The minimum Gasteiger partial charge on any atom is -0.399 e. The second kappa shape index (κ2) is 5.40. The molecule has 0 radical (unpaired) electrons. The Hall–Kier alpha value is -1.89. The maximum absolute atomic E-state index is 13.7. The first-order valence-corrected chi connectivity index (χ1v) is 6.22. The molecule has 0 unspecified atom stereocenters. The highest BCUT2D eigenvalue weighted by Crippen LogP contribution is 2.32. The molecule has 0 bridgehead atoms. The first kappa shape index (κ1) is 13.5. The molecule has 0 spiro atoms. The first-order chi connectivity index (χ1) is 8.97. The van der Waals surface area contributed by atoms with E-state index in [-0.39, 0.29) is 10.6 Å². The van der Waals surface area contributed by atoms with E-state index < -0.39 is 11.6 Å². The van der Waals surface area contributed by atoms with E-state index in [1.165, 1.54) is 6.20 Å². The van der Waals surface area contributed by atoms with Crippen LogP contribution in [0.2, 0.25) is 0 Å². The molecule has 0 aliphatic heterocycles. The molecule has 0 aliphatic rings. The van der Waals surface area contributed by atoms with E-state index in [2.05, 4.69) is 9.97 Å². The van der Waals surface area contributed by atoms with E-state index >= 15 is 0 Å². The van der Waals surface area contributed by atoms with Crippen LogP contribution < -0.4 is 10.6 Å². The number of aromatic nitrogens is 2. The van der Waals surface area contributed by atoms with E-state index in [0.29, 0.717) is 11.0 Å².